The SMILES string of the molecule is C=C(OS(=O)(=O)C(F)(F)F)[C@H](C)C[C@H]1CC[C@@H]2O[C@@H](CCC(/C=C/[C@H](O[Si](C)(C)C(C)(C)C)[C@@H]3C[C@H]4CC[C@H](CCO[Si](CC)(CC)CC)O[C@@H]4[C@H](O[Si](C)(C)C(C)(C)C)[C@@H]3O[Si](C)(C)C(C)(C)C)OC(=O)c3ccccc3)C[C@]2(CI)O1. The van der Waals surface area contributed by atoms with Gasteiger partial charge in [0.25, 0.3) is 0 Å². The van der Waals surface area contributed by atoms with E-state index in [1.165, 1.54) is 0 Å². The van der Waals surface area contributed by atoms with E-state index in [1.807, 2.05) is 18.2 Å². The van der Waals surface area contributed by atoms with Gasteiger partial charge in [0.1, 0.15) is 17.5 Å². The predicted octanol–water partition coefficient (Wildman–Crippen LogP) is 17.2. The summed E-state index contributed by atoms with van der Waals surface area (Å²) in [4.78, 5) is 14.2. The predicted molar refractivity (Wildman–Crippen MR) is 345 cm³/mol. The second kappa shape index (κ2) is 28.5. The molecule has 5 rings (SSSR count). The first-order valence-corrected chi connectivity index (χ1v) is 45.1. The Morgan fingerprint density at radius 2 is 1.35 bits per heavy atom. The minimum Gasteiger partial charge on any atom is -0.455 e. The molecule has 3 saturated heterocycles. The Balaban J connectivity index is 1.53. The van der Waals surface area contributed by atoms with Gasteiger partial charge in [0.2, 0.25) is 0 Å². The van der Waals surface area contributed by atoms with Crippen LogP contribution in [0.1, 0.15) is 165 Å². The topological polar surface area (TPSA) is 134 Å². The number of carbonyl (C=O) groups is 1. The molecule has 1 aromatic rings. The van der Waals surface area contributed by atoms with Gasteiger partial charge in [-0.25, -0.2) is 4.79 Å². The zero-order valence-electron chi connectivity index (χ0n) is 54.1. The summed E-state index contributed by atoms with van der Waals surface area (Å²) in [5.74, 6) is -1.61. The number of carbonyl (C=O) groups excluding carboxylic acids is 1. The van der Waals surface area contributed by atoms with Crippen LogP contribution in [0.15, 0.2) is 54.8 Å². The molecule has 1 unspecified atom stereocenters. The summed E-state index contributed by atoms with van der Waals surface area (Å²) in [5, 5.41) is -0.349. The van der Waals surface area contributed by atoms with Crippen molar-refractivity contribution in [2.24, 2.45) is 17.8 Å². The molecule has 0 spiro atoms. The Bertz CT molecular complexity index is 2400. The van der Waals surface area contributed by atoms with Crippen LogP contribution in [-0.4, -0.2) is 125 Å². The first-order valence-electron chi connectivity index (χ1n) is 31.0. The van der Waals surface area contributed by atoms with Gasteiger partial charge in [-0.2, -0.15) is 21.6 Å². The molecule has 1 aliphatic carbocycles. The molecule has 0 radical (unpaired) electrons. The Morgan fingerprint density at radius 3 is 1.89 bits per heavy atom. The number of benzene rings is 1. The number of ether oxygens (including phenoxy) is 4. The summed E-state index contributed by atoms with van der Waals surface area (Å²) in [5.41, 5.74) is -5.81. The molecule has 0 amide bonds. The molecule has 0 bridgehead atoms. The average molecular weight is 1370 g/mol. The lowest BCUT2D eigenvalue weighted by atomic mass is 9.70. The highest BCUT2D eigenvalue weighted by Crippen LogP contribution is 2.52. The van der Waals surface area contributed by atoms with Crippen molar-refractivity contribution in [3.05, 3.63) is 60.4 Å². The lowest BCUT2D eigenvalue weighted by molar-refractivity contribution is -0.197. The Labute approximate surface area is 517 Å². The van der Waals surface area contributed by atoms with Crippen molar-refractivity contribution < 1.29 is 67.2 Å². The number of hydrogen-bond acceptors (Lipinski definition) is 12. The van der Waals surface area contributed by atoms with Crippen LogP contribution in [0.3, 0.4) is 0 Å². The Morgan fingerprint density at radius 1 is 0.783 bits per heavy atom. The maximum absolute atomic E-state index is 14.2. The monoisotopic (exact) mass is 1370 g/mol. The van der Waals surface area contributed by atoms with E-state index in [0.29, 0.717) is 48.7 Å². The van der Waals surface area contributed by atoms with Crippen LogP contribution in [0.25, 0.3) is 0 Å². The molecule has 0 aromatic heterocycles. The highest BCUT2D eigenvalue weighted by Gasteiger charge is 2.58. The average Bonchev–Trinajstić information content (AvgIpc) is 3.77. The molecule has 13 atom stereocenters. The molecule has 12 nitrogen and oxygen atoms in total. The minimum atomic E-state index is -5.85. The van der Waals surface area contributed by atoms with Crippen molar-refractivity contribution in [3.8, 4) is 0 Å². The van der Waals surface area contributed by atoms with Crippen molar-refractivity contribution in [1.29, 1.82) is 0 Å². The van der Waals surface area contributed by atoms with Gasteiger partial charge in [0, 0.05) is 29.3 Å². The third kappa shape index (κ3) is 18.4. The van der Waals surface area contributed by atoms with Gasteiger partial charge in [-0.05, 0) is 154 Å². The standard InChI is InChI=1S/C62H108F3IO12SSi4/c1-21-83(22-2,23-3)70-38-37-48-30-29-46-40-51(55(77-81(17,18)59(9,10)11)56(54(46)72-48)78-82(19,20)60(12,13)14)52(76-80(15,16)58(6,7)8)35-33-47(73-57(67)45-27-25-24-26-28-45)31-32-50-41-61(42-66)53(71-50)36-34-49(74-61)39-43(4)44(5)75-79(68,69)62(63,64)65/h24-28,33,35,43,46-56H,5,21-23,29-32,34,36-42H2,1-4,6-20H3/b35-33+/t43-,46-,47?,48-,49-,50+,51+,52+,53+,54+,55-,56+,61-/m1/s1. The van der Waals surface area contributed by atoms with E-state index in [2.05, 4.69) is 168 Å². The molecule has 3 heterocycles. The fourth-order valence-electron chi connectivity index (χ4n) is 11.5. The number of fused-ring (bicyclic) bond motifs is 2. The van der Waals surface area contributed by atoms with E-state index in [1.54, 1.807) is 19.1 Å². The number of alkyl halides is 4. The maximum atomic E-state index is 14.2. The molecule has 83 heavy (non-hydrogen) atoms. The fourth-order valence-corrected chi connectivity index (χ4v) is 19.7. The number of esters is 1. The molecule has 21 heteroatoms. The van der Waals surface area contributed by atoms with Crippen LogP contribution in [0.4, 0.5) is 13.2 Å². The van der Waals surface area contributed by atoms with E-state index in [9.17, 15) is 26.4 Å². The first kappa shape index (κ1) is 72.8. The lowest BCUT2D eigenvalue weighted by Gasteiger charge is -2.56. The molecule has 0 N–H and O–H groups in total. The number of hydrogen-bond donors (Lipinski definition) is 0. The molecule has 1 saturated carbocycles. The van der Waals surface area contributed by atoms with Crippen molar-refractivity contribution in [1.82, 2.24) is 0 Å². The summed E-state index contributed by atoms with van der Waals surface area (Å²) in [6.45, 7) is 47.2. The van der Waals surface area contributed by atoms with Gasteiger partial charge in [-0.1, -0.05) is 143 Å². The maximum Gasteiger partial charge on any atom is 0.534 e. The number of allylic oxidation sites excluding steroid dienone is 1. The van der Waals surface area contributed by atoms with Crippen LogP contribution in [-0.2, 0) is 51.0 Å². The van der Waals surface area contributed by atoms with Crippen molar-refractivity contribution in [3.63, 3.8) is 0 Å². The third-order valence-corrected chi connectivity index (χ3v) is 40.7. The fraction of sp³-hybridized carbons (Fsp3) is 0.823. The molecule has 478 valence electrons. The summed E-state index contributed by atoms with van der Waals surface area (Å²) in [6, 6.07) is 12.4. The lowest BCUT2D eigenvalue weighted by Crippen LogP contribution is -2.65. The minimum absolute atomic E-state index is 0.0443. The van der Waals surface area contributed by atoms with Crippen molar-refractivity contribution in [2.75, 3.05) is 11.0 Å². The zero-order valence-corrected chi connectivity index (χ0v) is 61.1. The molecule has 1 aromatic carbocycles. The van der Waals surface area contributed by atoms with Crippen LogP contribution in [0.2, 0.25) is 72.5 Å². The molecule has 4 fully saturated rings. The number of rotatable bonds is 27. The molecular formula is C62H108F3IO12SSi4. The Hall–Kier alpha value is -0.972. The first-order chi connectivity index (χ1) is 38.1. The van der Waals surface area contributed by atoms with Crippen LogP contribution >= 0.6 is 22.6 Å². The zero-order chi connectivity index (χ0) is 62.6. The highest BCUT2D eigenvalue weighted by molar-refractivity contribution is 14.1. The summed E-state index contributed by atoms with van der Waals surface area (Å²) in [7, 11) is -15.2. The summed E-state index contributed by atoms with van der Waals surface area (Å²) >= 11 is 2.31. The van der Waals surface area contributed by atoms with E-state index in [0.717, 1.165) is 43.8 Å². The van der Waals surface area contributed by atoms with Crippen LogP contribution in [0.5, 0.6) is 0 Å². The molecule has 4 aliphatic rings. The van der Waals surface area contributed by atoms with Gasteiger partial charge in [0.15, 0.2) is 33.3 Å². The van der Waals surface area contributed by atoms with E-state index < -0.39 is 90.5 Å². The quantitative estimate of drug-likeness (QED) is 0.0121. The largest absolute Gasteiger partial charge is 0.534 e. The van der Waals surface area contributed by atoms with Gasteiger partial charge in [0.05, 0.1) is 54.4 Å². The van der Waals surface area contributed by atoms with Crippen LogP contribution in [0, 0.1) is 17.8 Å². The van der Waals surface area contributed by atoms with Gasteiger partial charge < -0.3 is 40.8 Å². The van der Waals surface area contributed by atoms with E-state index in [-0.39, 0.29) is 70.0 Å². The summed E-state index contributed by atoms with van der Waals surface area (Å²) in [6.07, 6.45) is 7.88. The van der Waals surface area contributed by atoms with Crippen molar-refractivity contribution >= 4 is 71.9 Å². The van der Waals surface area contributed by atoms with Crippen molar-refractivity contribution in [2.45, 2.75) is 293 Å². The van der Waals surface area contributed by atoms with E-state index in [4.69, 9.17) is 36.7 Å². The second-order valence-electron chi connectivity index (χ2n) is 29.2. The highest BCUT2D eigenvalue weighted by atomic mass is 127. The van der Waals surface area contributed by atoms with Crippen LogP contribution < -0.4 is 0 Å². The molecular weight excluding hydrogens is 1260 g/mol. The van der Waals surface area contributed by atoms with Gasteiger partial charge in [-0.3, -0.25) is 0 Å². The smallest absolute Gasteiger partial charge is 0.455 e. The van der Waals surface area contributed by atoms with Gasteiger partial charge >= 0.3 is 21.6 Å². The Kier molecular flexibility index (Phi) is 25.0. The second-order valence-corrected chi connectivity index (χ2v) is 50.5. The van der Waals surface area contributed by atoms with Gasteiger partial charge in [-0.15, -0.1) is 0 Å². The number of halogens is 4. The normalized spacial score (nSPS) is 28.3. The summed E-state index contributed by atoms with van der Waals surface area (Å²) < 4.78 is 126. The van der Waals surface area contributed by atoms with E-state index >= 15 is 0 Å². The molecule has 3 aliphatic heterocycles. The third-order valence-electron chi connectivity index (χ3n) is 20.3.